The third-order valence-corrected chi connectivity index (χ3v) is 3.43. The maximum Gasteiger partial charge on any atom is 0.239 e. The smallest absolute Gasteiger partial charge is 0.239 e. The van der Waals surface area contributed by atoms with E-state index in [1.165, 1.54) is 0 Å². The van der Waals surface area contributed by atoms with E-state index in [-0.39, 0.29) is 11.9 Å². The summed E-state index contributed by atoms with van der Waals surface area (Å²) in [6.07, 6.45) is 2.03. The number of rotatable bonds is 2. The zero-order valence-corrected chi connectivity index (χ0v) is 10.7. The Kier molecular flexibility index (Phi) is 3.69. The number of nitrogens with two attached hydrogens (primary N) is 1. The van der Waals surface area contributed by atoms with Crippen molar-refractivity contribution in [3.05, 3.63) is 34.9 Å². The Morgan fingerprint density at radius 2 is 2.12 bits per heavy atom. The minimum atomic E-state index is -0.428. The van der Waals surface area contributed by atoms with Crippen LogP contribution in [0.4, 0.5) is 0 Å². The minimum Gasteiger partial charge on any atom is -0.334 e. The second-order valence-electron chi connectivity index (χ2n) is 4.53. The molecule has 92 valence electrons. The molecule has 1 aromatic carbocycles. The first-order chi connectivity index (χ1) is 8.09. The van der Waals surface area contributed by atoms with E-state index in [4.69, 9.17) is 17.3 Å². The van der Waals surface area contributed by atoms with E-state index < -0.39 is 6.04 Å². The van der Waals surface area contributed by atoms with Crippen molar-refractivity contribution < 1.29 is 4.79 Å². The number of carbonyl (C=O) groups is 1. The molecule has 0 spiro atoms. The molecule has 0 radical (unpaired) electrons. The molecule has 1 unspecified atom stereocenters. The number of hydrogen-bond acceptors (Lipinski definition) is 2. The Morgan fingerprint density at radius 3 is 2.71 bits per heavy atom. The molecule has 1 amide bonds. The van der Waals surface area contributed by atoms with Crippen molar-refractivity contribution in [2.24, 2.45) is 5.73 Å². The third kappa shape index (κ3) is 2.61. The number of likely N-dealkylation sites (tertiary alicyclic amines) is 1. The van der Waals surface area contributed by atoms with Gasteiger partial charge in [0.15, 0.2) is 0 Å². The van der Waals surface area contributed by atoms with E-state index in [9.17, 15) is 4.79 Å². The fraction of sp³-hybridized carbons (Fsp3) is 0.462. The van der Waals surface area contributed by atoms with Crippen LogP contribution in [0.2, 0.25) is 5.02 Å². The third-order valence-electron chi connectivity index (χ3n) is 3.18. The highest BCUT2D eigenvalue weighted by atomic mass is 35.5. The molecule has 1 aliphatic rings. The first-order valence-corrected chi connectivity index (χ1v) is 6.29. The van der Waals surface area contributed by atoms with Crippen LogP contribution >= 0.6 is 11.6 Å². The lowest BCUT2D eigenvalue weighted by Crippen LogP contribution is -2.41. The first-order valence-electron chi connectivity index (χ1n) is 5.91. The van der Waals surface area contributed by atoms with Crippen molar-refractivity contribution in [2.75, 3.05) is 6.54 Å². The molecule has 1 aromatic rings. The molecular formula is C13H17ClN2O. The van der Waals surface area contributed by atoms with E-state index in [0.29, 0.717) is 0 Å². The predicted molar refractivity (Wildman–Crippen MR) is 68.8 cm³/mol. The van der Waals surface area contributed by atoms with Gasteiger partial charge in [0, 0.05) is 11.6 Å². The number of halogens is 1. The normalized spacial score (nSPS) is 21.6. The summed E-state index contributed by atoms with van der Waals surface area (Å²) in [7, 11) is 0. The summed E-state index contributed by atoms with van der Waals surface area (Å²) in [6.45, 7) is 2.53. The molecule has 1 aliphatic heterocycles. The molecule has 2 atom stereocenters. The van der Waals surface area contributed by atoms with Gasteiger partial charge in [-0.25, -0.2) is 0 Å². The van der Waals surface area contributed by atoms with Gasteiger partial charge in [0.1, 0.15) is 0 Å². The highest BCUT2D eigenvalue weighted by Gasteiger charge is 2.31. The van der Waals surface area contributed by atoms with Crippen LogP contribution in [0.1, 0.15) is 31.4 Å². The van der Waals surface area contributed by atoms with Crippen LogP contribution < -0.4 is 5.73 Å². The zero-order chi connectivity index (χ0) is 12.4. The second-order valence-corrected chi connectivity index (χ2v) is 4.97. The van der Waals surface area contributed by atoms with Crippen LogP contribution in [0.3, 0.4) is 0 Å². The Hall–Kier alpha value is -1.06. The van der Waals surface area contributed by atoms with E-state index in [1.807, 2.05) is 29.2 Å². The number of hydrogen-bond donors (Lipinski definition) is 1. The van der Waals surface area contributed by atoms with Gasteiger partial charge in [-0.15, -0.1) is 0 Å². The number of amides is 1. The zero-order valence-electron chi connectivity index (χ0n) is 9.90. The van der Waals surface area contributed by atoms with Crippen LogP contribution in [0, 0.1) is 0 Å². The lowest BCUT2D eigenvalue weighted by Gasteiger charge is -2.26. The SMILES string of the molecule is C[C@@H](N)C(=O)N1CCCC1c1ccc(Cl)cc1. The summed E-state index contributed by atoms with van der Waals surface area (Å²) < 4.78 is 0. The van der Waals surface area contributed by atoms with Gasteiger partial charge in [0.2, 0.25) is 5.91 Å². The molecule has 1 heterocycles. The Morgan fingerprint density at radius 1 is 1.47 bits per heavy atom. The number of carbonyl (C=O) groups excluding carboxylic acids is 1. The van der Waals surface area contributed by atoms with E-state index in [1.54, 1.807) is 6.92 Å². The fourth-order valence-electron chi connectivity index (χ4n) is 2.32. The highest BCUT2D eigenvalue weighted by Crippen LogP contribution is 2.32. The molecule has 0 bridgehead atoms. The number of benzene rings is 1. The van der Waals surface area contributed by atoms with Gasteiger partial charge < -0.3 is 10.6 Å². The molecule has 2 N–H and O–H groups in total. The average molecular weight is 253 g/mol. The van der Waals surface area contributed by atoms with Crippen LogP contribution in [-0.2, 0) is 4.79 Å². The van der Waals surface area contributed by atoms with Gasteiger partial charge in [0.25, 0.3) is 0 Å². The largest absolute Gasteiger partial charge is 0.334 e. The fourth-order valence-corrected chi connectivity index (χ4v) is 2.45. The molecule has 2 rings (SSSR count). The van der Waals surface area contributed by atoms with Gasteiger partial charge in [0.05, 0.1) is 12.1 Å². The van der Waals surface area contributed by atoms with Gasteiger partial charge in [-0.3, -0.25) is 4.79 Å². The molecule has 17 heavy (non-hydrogen) atoms. The molecule has 0 saturated carbocycles. The maximum atomic E-state index is 12.0. The summed E-state index contributed by atoms with van der Waals surface area (Å²) in [4.78, 5) is 13.9. The van der Waals surface area contributed by atoms with E-state index >= 15 is 0 Å². The van der Waals surface area contributed by atoms with Gasteiger partial charge >= 0.3 is 0 Å². The molecule has 3 nitrogen and oxygen atoms in total. The summed E-state index contributed by atoms with van der Waals surface area (Å²) in [5.74, 6) is 0.0300. The Balaban J connectivity index is 2.20. The van der Waals surface area contributed by atoms with Crippen molar-refractivity contribution in [3.63, 3.8) is 0 Å². The average Bonchev–Trinajstić information content (AvgIpc) is 2.77. The van der Waals surface area contributed by atoms with E-state index in [0.717, 1.165) is 30.0 Å². The van der Waals surface area contributed by atoms with Crippen molar-refractivity contribution in [2.45, 2.75) is 31.8 Å². The highest BCUT2D eigenvalue weighted by molar-refractivity contribution is 6.30. The Bertz CT molecular complexity index is 402. The standard InChI is InChI=1S/C13H17ClN2O/c1-9(15)13(17)16-8-2-3-12(16)10-4-6-11(14)7-5-10/h4-7,9,12H,2-3,8,15H2,1H3/t9-,12?/m1/s1. The monoisotopic (exact) mass is 252 g/mol. The summed E-state index contributed by atoms with van der Waals surface area (Å²) in [5.41, 5.74) is 6.81. The molecular weight excluding hydrogens is 236 g/mol. The second kappa shape index (κ2) is 5.07. The van der Waals surface area contributed by atoms with Crippen molar-refractivity contribution in [1.82, 2.24) is 4.90 Å². The van der Waals surface area contributed by atoms with Gasteiger partial charge in [-0.05, 0) is 37.5 Å². The quantitative estimate of drug-likeness (QED) is 0.878. The number of nitrogens with zero attached hydrogens (tertiary/aromatic N) is 1. The lowest BCUT2D eigenvalue weighted by molar-refractivity contribution is -0.133. The van der Waals surface area contributed by atoms with Gasteiger partial charge in [-0.2, -0.15) is 0 Å². The topological polar surface area (TPSA) is 46.3 Å². The van der Waals surface area contributed by atoms with Crippen LogP contribution in [0.25, 0.3) is 0 Å². The Labute approximate surface area is 107 Å². The maximum absolute atomic E-state index is 12.0. The predicted octanol–water partition coefficient (Wildman–Crippen LogP) is 2.35. The molecule has 4 heteroatoms. The molecule has 0 aromatic heterocycles. The van der Waals surface area contributed by atoms with Crippen LogP contribution in [0.5, 0.6) is 0 Å². The van der Waals surface area contributed by atoms with Crippen molar-refractivity contribution in [3.8, 4) is 0 Å². The summed E-state index contributed by atoms with van der Waals surface area (Å²) in [5, 5.41) is 0.719. The first kappa shape index (κ1) is 12.4. The van der Waals surface area contributed by atoms with Crippen molar-refractivity contribution in [1.29, 1.82) is 0 Å². The van der Waals surface area contributed by atoms with E-state index in [2.05, 4.69) is 0 Å². The van der Waals surface area contributed by atoms with Crippen LogP contribution in [0.15, 0.2) is 24.3 Å². The summed E-state index contributed by atoms with van der Waals surface area (Å²) >= 11 is 5.87. The summed E-state index contributed by atoms with van der Waals surface area (Å²) in [6, 6.07) is 7.43. The molecule has 1 fully saturated rings. The molecule has 0 aliphatic carbocycles. The molecule has 1 saturated heterocycles. The van der Waals surface area contributed by atoms with Crippen molar-refractivity contribution >= 4 is 17.5 Å². The minimum absolute atomic E-state index is 0.0300. The lowest BCUT2D eigenvalue weighted by atomic mass is 10.0. The van der Waals surface area contributed by atoms with Crippen LogP contribution in [-0.4, -0.2) is 23.4 Å². The van der Waals surface area contributed by atoms with Gasteiger partial charge in [-0.1, -0.05) is 23.7 Å².